The van der Waals surface area contributed by atoms with Crippen LogP contribution in [0.3, 0.4) is 0 Å². The Bertz CT molecular complexity index is 656. The number of rotatable bonds is 3. The average molecular weight is 285 g/mol. The maximum atomic E-state index is 12.5. The molecule has 0 aromatic heterocycles. The number of ketones is 1. The highest BCUT2D eigenvalue weighted by molar-refractivity contribution is 6.31. The molecule has 0 spiro atoms. The topological polar surface area (TPSA) is 17.1 Å². The van der Waals surface area contributed by atoms with Gasteiger partial charge in [-0.3, -0.25) is 4.79 Å². The summed E-state index contributed by atoms with van der Waals surface area (Å²) in [7, 11) is 0. The standard InChI is InChI=1S/C18H17ClO/c1-12-8-9-16(11-17(12)19)18(20)15-7-3-6-14(10-15)13-4-2-5-13/h3,6-11,13H,2,4-5H2,1H3. The average Bonchev–Trinajstić information content (AvgIpc) is 2.39. The molecule has 0 atom stereocenters. The van der Waals surface area contributed by atoms with Crippen LogP contribution >= 0.6 is 11.6 Å². The molecule has 1 aliphatic carbocycles. The molecule has 0 amide bonds. The highest BCUT2D eigenvalue weighted by atomic mass is 35.5. The molecule has 2 heteroatoms. The van der Waals surface area contributed by atoms with Crippen LogP contribution in [0.2, 0.25) is 5.02 Å². The number of aryl methyl sites for hydroxylation is 1. The number of benzene rings is 2. The van der Waals surface area contributed by atoms with Crippen molar-refractivity contribution >= 4 is 17.4 Å². The van der Waals surface area contributed by atoms with Crippen molar-refractivity contribution in [1.82, 2.24) is 0 Å². The number of carbonyl (C=O) groups is 1. The second kappa shape index (κ2) is 5.41. The molecular formula is C18H17ClO. The molecule has 20 heavy (non-hydrogen) atoms. The van der Waals surface area contributed by atoms with E-state index in [1.54, 1.807) is 6.07 Å². The van der Waals surface area contributed by atoms with Gasteiger partial charge in [-0.25, -0.2) is 0 Å². The van der Waals surface area contributed by atoms with Gasteiger partial charge in [0.15, 0.2) is 5.78 Å². The Morgan fingerprint density at radius 3 is 2.50 bits per heavy atom. The second-order valence-corrected chi connectivity index (χ2v) is 5.95. The van der Waals surface area contributed by atoms with E-state index >= 15 is 0 Å². The molecule has 1 aliphatic rings. The zero-order valence-electron chi connectivity index (χ0n) is 11.5. The molecular weight excluding hydrogens is 268 g/mol. The molecule has 102 valence electrons. The van der Waals surface area contributed by atoms with Crippen LogP contribution in [0.25, 0.3) is 0 Å². The largest absolute Gasteiger partial charge is 0.289 e. The number of hydrogen-bond donors (Lipinski definition) is 0. The minimum absolute atomic E-state index is 0.0491. The molecule has 0 unspecified atom stereocenters. The third kappa shape index (κ3) is 2.51. The first-order valence-electron chi connectivity index (χ1n) is 7.06. The Kier molecular flexibility index (Phi) is 3.62. The van der Waals surface area contributed by atoms with Crippen molar-refractivity contribution < 1.29 is 4.79 Å². The van der Waals surface area contributed by atoms with Gasteiger partial charge in [0.25, 0.3) is 0 Å². The lowest BCUT2D eigenvalue weighted by atomic mass is 9.79. The first-order chi connectivity index (χ1) is 9.65. The lowest BCUT2D eigenvalue weighted by molar-refractivity contribution is 0.103. The SMILES string of the molecule is Cc1ccc(C(=O)c2cccc(C3CCC3)c2)cc1Cl. The van der Waals surface area contributed by atoms with Crippen LogP contribution in [0.1, 0.15) is 52.2 Å². The smallest absolute Gasteiger partial charge is 0.193 e. The van der Waals surface area contributed by atoms with E-state index < -0.39 is 0 Å². The van der Waals surface area contributed by atoms with Gasteiger partial charge in [0.1, 0.15) is 0 Å². The molecule has 0 aliphatic heterocycles. The van der Waals surface area contributed by atoms with Gasteiger partial charge in [-0.2, -0.15) is 0 Å². The van der Waals surface area contributed by atoms with Crippen molar-refractivity contribution in [2.45, 2.75) is 32.1 Å². The van der Waals surface area contributed by atoms with Gasteiger partial charge in [-0.05, 0) is 48.9 Å². The summed E-state index contributed by atoms with van der Waals surface area (Å²) in [6.45, 7) is 1.94. The first-order valence-corrected chi connectivity index (χ1v) is 7.44. The molecule has 1 nitrogen and oxygen atoms in total. The summed E-state index contributed by atoms with van der Waals surface area (Å²) < 4.78 is 0. The molecule has 2 aromatic rings. The predicted octanol–water partition coefficient (Wildman–Crippen LogP) is 5.15. The number of halogens is 1. The van der Waals surface area contributed by atoms with Crippen LogP contribution in [0.4, 0.5) is 0 Å². The Morgan fingerprint density at radius 2 is 1.85 bits per heavy atom. The molecule has 2 aromatic carbocycles. The highest BCUT2D eigenvalue weighted by Crippen LogP contribution is 2.36. The van der Waals surface area contributed by atoms with E-state index in [1.807, 2.05) is 37.3 Å². The minimum atomic E-state index is 0.0491. The van der Waals surface area contributed by atoms with Gasteiger partial charge in [0.05, 0.1) is 0 Å². The lowest BCUT2D eigenvalue weighted by Gasteiger charge is -2.26. The van der Waals surface area contributed by atoms with Gasteiger partial charge in [-0.1, -0.05) is 48.4 Å². The third-order valence-corrected chi connectivity index (χ3v) is 4.57. The predicted molar refractivity (Wildman–Crippen MR) is 82.7 cm³/mol. The third-order valence-electron chi connectivity index (χ3n) is 4.16. The monoisotopic (exact) mass is 284 g/mol. The van der Waals surface area contributed by atoms with Crippen LogP contribution in [0, 0.1) is 6.92 Å². The van der Waals surface area contributed by atoms with Crippen molar-refractivity contribution in [2.75, 3.05) is 0 Å². The number of carbonyl (C=O) groups excluding carboxylic acids is 1. The maximum Gasteiger partial charge on any atom is 0.193 e. The fourth-order valence-corrected chi connectivity index (χ4v) is 2.76. The Morgan fingerprint density at radius 1 is 1.10 bits per heavy atom. The summed E-state index contributed by atoms with van der Waals surface area (Å²) in [6.07, 6.45) is 3.79. The van der Waals surface area contributed by atoms with Gasteiger partial charge in [0, 0.05) is 16.1 Å². The molecule has 0 bridgehead atoms. The van der Waals surface area contributed by atoms with E-state index in [0.29, 0.717) is 16.5 Å². The highest BCUT2D eigenvalue weighted by Gasteiger charge is 2.20. The summed E-state index contributed by atoms with van der Waals surface area (Å²) in [4.78, 5) is 12.5. The van der Waals surface area contributed by atoms with E-state index in [2.05, 4.69) is 6.07 Å². The van der Waals surface area contributed by atoms with Crippen LogP contribution in [-0.2, 0) is 0 Å². The van der Waals surface area contributed by atoms with Crippen LogP contribution in [0.5, 0.6) is 0 Å². The molecule has 0 heterocycles. The summed E-state index contributed by atoms with van der Waals surface area (Å²) in [6, 6.07) is 13.5. The van der Waals surface area contributed by atoms with Crippen molar-refractivity contribution in [3.05, 3.63) is 69.7 Å². The zero-order valence-corrected chi connectivity index (χ0v) is 12.3. The fraction of sp³-hybridized carbons (Fsp3) is 0.278. The van der Waals surface area contributed by atoms with Gasteiger partial charge in [0.2, 0.25) is 0 Å². The summed E-state index contributed by atoms with van der Waals surface area (Å²) in [5, 5.41) is 0.644. The molecule has 0 saturated heterocycles. The van der Waals surface area contributed by atoms with E-state index in [1.165, 1.54) is 24.8 Å². The van der Waals surface area contributed by atoms with E-state index in [-0.39, 0.29) is 5.78 Å². The normalized spacial score (nSPS) is 14.9. The maximum absolute atomic E-state index is 12.5. The van der Waals surface area contributed by atoms with Crippen molar-refractivity contribution in [3.63, 3.8) is 0 Å². The van der Waals surface area contributed by atoms with Gasteiger partial charge >= 0.3 is 0 Å². The van der Waals surface area contributed by atoms with Crippen LogP contribution < -0.4 is 0 Å². The van der Waals surface area contributed by atoms with Crippen molar-refractivity contribution in [1.29, 1.82) is 0 Å². The summed E-state index contributed by atoms with van der Waals surface area (Å²) >= 11 is 6.11. The fourth-order valence-electron chi connectivity index (χ4n) is 2.58. The van der Waals surface area contributed by atoms with Crippen molar-refractivity contribution in [3.8, 4) is 0 Å². The molecule has 3 rings (SSSR count). The summed E-state index contributed by atoms with van der Waals surface area (Å²) in [5.74, 6) is 0.692. The number of hydrogen-bond acceptors (Lipinski definition) is 1. The van der Waals surface area contributed by atoms with Crippen molar-refractivity contribution in [2.24, 2.45) is 0 Å². The zero-order chi connectivity index (χ0) is 14.1. The Balaban J connectivity index is 1.91. The Hall–Kier alpha value is -1.60. The second-order valence-electron chi connectivity index (χ2n) is 5.55. The minimum Gasteiger partial charge on any atom is -0.289 e. The van der Waals surface area contributed by atoms with E-state index in [9.17, 15) is 4.79 Å². The van der Waals surface area contributed by atoms with Crippen LogP contribution in [0.15, 0.2) is 42.5 Å². The first kappa shape index (κ1) is 13.4. The van der Waals surface area contributed by atoms with Gasteiger partial charge in [-0.15, -0.1) is 0 Å². The quantitative estimate of drug-likeness (QED) is 0.713. The van der Waals surface area contributed by atoms with E-state index in [0.717, 1.165) is 11.1 Å². The lowest BCUT2D eigenvalue weighted by Crippen LogP contribution is -2.10. The molecule has 0 radical (unpaired) electrons. The molecule has 1 fully saturated rings. The van der Waals surface area contributed by atoms with Gasteiger partial charge < -0.3 is 0 Å². The molecule has 1 saturated carbocycles. The summed E-state index contributed by atoms with van der Waals surface area (Å²) in [5.41, 5.74) is 3.70. The Labute approximate surface area is 124 Å². The van der Waals surface area contributed by atoms with Crippen LogP contribution in [-0.4, -0.2) is 5.78 Å². The van der Waals surface area contributed by atoms with E-state index in [4.69, 9.17) is 11.6 Å². The molecule has 0 N–H and O–H groups in total.